The highest BCUT2D eigenvalue weighted by Crippen LogP contribution is 2.22. The molecule has 0 aliphatic heterocycles. The summed E-state index contributed by atoms with van der Waals surface area (Å²) in [6.07, 6.45) is -0.424. The van der Waals surface area contributed by atoms with Crippen LogP contribution in [0.1, 0.15) is 36.1 Å². The lowest BCUT2D eigenvalue weighted by molar-refractivity contribution is -0.141. The molecular formula is C13H20N2O4S. The maximum atomic E-state index is 11.7. The Bertz CT molecular complexity index is 484. The number of hydrogen-bond donors (Lipinski definition) is 4. The summed E-state index contributed by atoms with van der Waals surface area (Å²) < 4.78 is 0. The third-order valence-corrected chi connectivity index (χ3v) is 3.88. The molecule has 1 rings (SSSR count). The molecule has 6 nitrogen and oxygen atoms in total. The lowest BCUT2D eigenvalue weighted by atomic mass is 10.0. The molecule has 2 atom stereocenters. The predicted octanol–water partition coefficient (Wildman–Crippen LogP) is 1.64. The Morgan fingerprint density at radius 3 is 2.60 bits per heavy atom. The quantitative estimate of drug-likeness (QED) is 0.642. The summed E-state index contributed by atoms with van der Waals surface area (Å²) in [4.78, 5) is 24.4. The third-order valence-electron chi connectivity index (χ3n) is 2.70. The van der Waals surface area contributed by atoms with Gasteiger partial charge >= 0.3 is 12.0 Å². The fourth-order valence-corrected chi connectivity index (χ4v) is 2.54. The average Bonchev–Trinajstić information content (AvgIpc) is 2.72. The largest absolute Gasteiger partial charge is 0.481 e. The van der Waals surface area contributed by atoms with Crippen molar-refractivity contribution < 1.29 is 19.8 Å². The molecule has 0 fully saturated rings. The molecule has 1 aromatic rings. The van der Waals surface area contributed by atoms with Crippen LogP contribution in [0, 0.1) is 6.92 Å². The molecule has 112 valence electrons. The molecule has 2 amide bonds. The van der Waals surface area contributed by atoms with Gasteiger partial charge in [-0.1, -0.05) is 0 Å². The Morgan fingerprint density at radius 1 is 1.45 bits per heavy atom. The Hall–Kier alpha value is -1.60. The van der Waals surface area contributed by atoms with Gasteiger partial charge in [0.1, 0.15) is 0 Å². The van der Waals surface area contributed by atoms with E-state index in [9.17, 15) is 14.7 Å². The van der Waals surface area contributed by atoms with Crippen LogP contribution < -0.4 is 10.6 Å². The van der Waals surface area contributed by atoms with Gasteiger partial charge in [-0.15, -0.1) is 11.3 Å². The number of aliphatic hydroxyl groups is 1. The zero-order chi connectivity index (χ0) is 15.3. The molecule has 4 N–H and O–H groups in total. The highest BCUT2D eigenvalue weighted by Gasteiger charge is 2.25. The van der Waals surface area contributed by atoms with E-state index in [-0.39, 0.29) is 12.6 Å². The Kier molecular flexibility index (Phi) is 5.52. The lowest BCUT2D eigenvalue weighted by Gasteiger charge is -2.22. The zero-order valence-electron chi connectivity index (χ0n) is 11.8. The fraction of sp³-hybridized carbons (Fsp3) is 0.538. The van der Waals surface area contributed by atoms with Crippen molar-refractivity contribution in [2.75, 3.05) is 6.54 Å². The van der Waals surface area contributed by atoms with Crippen LogP contribution >= 0.6 is 11.3 Å². The molecule has 1 aromatic heterocycles. The van der Waals surface area contributed by atoms with E-state index in [1.165, 1.54) is 11.8 Å². The van der Waals surface area contributed by atoms with Gasteiger partial charge in [-0.3, -0.25) is 4.79 Å². The number of carboxylic acids is 1. The number of aliphatic carboxylic acids is 1. The minimum atomic E-state index is -1.47. The maximum Gasteiger partial charge on any atom is 0.315 e. The molecule has 20 heavy (non-hydrogen) atoms. The first-order valence-electron chi connectivity index (χ1n) is 6.24. The van der Waals surface area contributed by atoms with Gasteiger partial charge in [0.2, 0.25) is 0 Å². The Morgan fingerprint density at radius 2 is 2.10 bits per heavy atom. The summed E-state index contributed by atoms with van der Waals surface area (Å²) in [5.41, 5.74) is -1.47. The molecule has 0 radical (unpaired) electrons. The van der Waals surface area contributed by atoms with E-state index in [2.05, 4.69) is 10.6 Å². The number of nitrogens with one attached hydrogen (secondary N) is 2. The second-order valence-electron chi connectivity index (χ2n) is 5.06. The van der Waals surface area contributed by atoms with E-state index in [4.69, 9.17) is 5.11 Å². The number of urea groups is 1. The van der Waals surface area contributed by atoms with E-state index in [0.29, 0.717) is 0 Å². The molecule has 0 aromatic carbocycles. The molecular weight excluding hydrogens is 280 g/mol. The van der Waals surface area contributed by atoms with Crippen LogP contribution in [0.5, 0.6) is 0 Å². The van der Waals surface area contributed by atoms with Gasteiger partial charge in [0.05, 0.1) is 18.1 Å². The highest BCUT2D eigenvalue weighted by atomic mass is 32.1. The number of thiophene rings is 1. The highest BCUT2D eigenvalue weighted by molar-refractivity contribution is 7.12. The van der Waals surface area contributed by atoms with Gasteiger partial charge in [-0.25, -0.2) is 4.79 Å². The van der Waals surface area contributed by atoms with Crippen molar-refractivity contribution >= 4 is 23.3 Å². The molecule has 0 aliphatic carbocycles. The molecule has 0 saturated heterocycles. The zero-order valence-corrected chi connectivity index (χ0v) is 12.6. The van der Waals surface area contributed by atoms with Crippen LogP contribution in [0.3, 0.4) is 0 Å². The van der Waals surface area contributed by atoms with Gasteiger partial charge in [0, 0.05) is 16.3 Å². The first kappa shape index (κ1) is 16.5. The maximum absolute atomic E-state index is 11.7. The summed E-state index contributed by atoms with van der Waals surface area (Å²) in [6, 6.07) is 3.35. The van der Waals surface area contributed by atoms with E-state index in [1.54, 1.807) is 11.3 Å². The van der Waals surface area contributed by atoms with Crippen molar-refractivity contribution in [2.24, 2.45) is 0 Å². The minimum absolute atomic E-state index is 0.124. The van der Waals surface area contributed by atoms with Gasteiger partial charge in [0.25, 0.3) is 0 Å². The van der Waals surface area contributed by atoms with Gasteiger partial charge in [-0.05, 0) is 32.9 Å². The second kappa shape index (κ2) is 6.71. The SMILES string of the molecule is Cc1ccc(C(C)NC(=O)NCC(C)(O)CC(=O)O)s1. The molecule has 2 unspecified atom stereocenters. The first-order valence-corrected chi connectivity index (χ1v) is 7.06. The van der Waals surface area contributed by atoms with Crippen molar-refractivity contribution in [3.05, 3.63) is 21.9 Å². The number of aryl methyl sites for hydroxylation is 1. The van der Waals surface area contributed by atoms with Gasteiger partial charge < -0.3 is 20.8 Å². The summed E-state index contributed by atoms with van der Waals surface area (Å²) >= 11 is 1.60. The molecule has 0 bridgehead atoms. The van der Waals surface area contributed by atoms with Crippen LogP contribution in [-0.2, 0) is 4.79 Å². The number of carbonyl (C=O) groups excluding carboxylic acids is 1. The summed E-state index contributed by atoms with van der Waals surface area (Å²) in [5, 5.41) is 23.6. The Labute approximate surface area is 121 Å². The number of carboxylic acid groups (broad SMARTS) is 1. The summed E-state index contributed by atoms with van der Waals surface area (Å²) in [7, 11) is 0. The predicted molar refractivity (Wildman–Crippen MR) is 76.9 cm³/mol. The van der Waals surface area contributed by atoms with Crippen LogP contribution in [0.25, 0.3) is 0 Å². The third kappa shape index (κ3) is 5.58. The minimum Gasteiger partial charge on any atom is -0.481 e. The van der Waals surface area contributed by atoms with Crippen molar-refractivity contribution in [3.63, 3.8) is 0 Å². The molecule has 0 spiro atoms. The molecule has 7 heteroatoms. The van der Waals surface area contributed by atoms with Crippen LogP contribution in [0.15, 0.2) is 12.1 Å². The number of amides is 2. The van der Waals surface area contributed by atoms with Crippen molar-refractivity contribution in [2.45, 2.75) is 38.8 Å². The average molecular weight is 300 g/mol. The topological polar surface area (TPSA) is 98.7 Å². The van der Waals surface area contributed by atoms with E-state index >= 15 is 0 Å². The molecule has 0 saturated carbocycles. The van der Waals surface area contributed by atoms with Crippen LogP contribution in [0.2, 0.25) is 0 Å². The smallest absolute Gasteiger partial charge is 0.315 e. The van der Waals surface area contributed by atoms with Crippen molar-refractivity contribution in [1.29, 1.82) is 0 Å². The summed E-state index contributed by atoms with van der Waals surface area (Å²) in [5.74, 6) is -1.11. The van der Waals surface area contributed by atoms with Crippen LogP contribution in [-0.4, -0.2) is 34.4 Å². The van der Waals surface area contributed by atoms with Crippen LogP contribution in [0.4, 0.5) is 4.79 Å². The number of hydrogen-bond acceptors (Lipinski definition) is 4. The molecule has 1 heterocycles. The monoisotopic (exact) mass is 300 g/mol. The number of carbonyl (C=O) groups is 2. The first-order chi connectivity index (χ1) is 9.19. The summed E-state index contributed by atoms with van der Waals surface area (Å²) in [6.45, 7) is 5.10. The van der Waals surface area contributed by atoms with Gasteiger partial charge in [0.15, 0.2) is 0 Å². The fourth-order valence-electron chi connectivity index (χ4n) is 1.66. The van der Waals surface area contributed by atoms with E-state index in [1.807, 2.05) is 26.0 Å². The Balaban J connectivity index is 2.42. The molecule has 0 aliphatic rings. The van der Waals surface area contributed by atoms with E-state index < -0.39 is 24.0 Å². The normalized spacial score (nSPS) is 15.2. The van der Waals surface area contributed by atoms with Crippen molar-refractivity contribution in [3.8, 4) is 0 Å². The standard InChI is InChI=1S/C13H20N2O4S/c1-8-4-5-10(20-8)9(2)15-12(18)14-7-13(3,19)6-11(16)17/h4-5,9,19H,6-7H2,1-3H3,(H,16,17)(H2,14,15,18). The lowest BCUT2D eigenvalue weighted by Crippen LogP contribution is -2.46. The van der Waals surface area contributed by atoms with Crippen molar-refractivity contribution in [1.82, 2.24) is 10.6 Å². The van der Waals surface area contributed by atoms with Gasteiger partial charge in [-0.2, -0.15) is 0 Å². The van der Waals surface area contributed by atoms with E-state index in [0.717, 1.165) is 4.88 Å². The number of rotatable bonds is 6. The second-order valence-corrected chi connectivity index (χ2v) is 6.38.